The molecule has 0 heterocycles. The second kappa shape index (κ2) is 4.88. The van der Waals surface area contributed by atoms with Gasteiger partial charge in [0.1, 0.15) is 11.6 Å². The maximum atomic E-state index is 11.4. The smallest absolute Gasteiger partial charge is 0.242 e. The Bertz CT molecular complexity index is 476. The van der Waals surface area contributed by atoms with Gasteiger partial charge in [0.05, 0.1) is 11.3 Å². The third-order valence-electron chi connectivity index (χ3n) is 2.96. The Balaban J connectivity index is 3.14. The second-order valence-electron chi connectivity index (χ2n) is 4.34. The number of rotatable bonds is 4. The molecule has 0 radical (unpaired) electrons. The van der Waals surface area contributed by atoms with Crippen molar-refractivity contribution in [3.63, 3.8) is 0 Å². The van der Waals surface area contributed by atoms with E-state index in [0.717, 1.165) is 5.56 Å². The Labute approximate surface area is 101 Å². The van der Waals surface area contributed by atoms with Crippen molar-refractivity contribution >= 4 is 11.6 Å². The molecule has 0 fully saturated rings. The van der Waals surface area contributed by atoms with Crippen LogP contribution < -0.4 is 11.1 Å². The number of hydrogen-bond donors (Lipinski definition) is 2. The molecule has 4 nitrogen and oxygen atoms in total. The van der Waals surface area contributed by atoms with E-state index in [1.54, 1.807) is 13.0 Å². The van der Waals surface area contributed by atoms with Gasteiger partial charge in [-0.15, -0.1) is 0 Å². The predicted molar refractivity (Wildman–Crippen MR) is 67.4 cm³/mol. The average Bonchev–Trinajstić information content (AvgIpc) is 2.29. The summed E-state index contributed by atoms with van der Waals surface area (Å²) >= 11 is 0. The van der Waals surface area contributed by atoms with Crippen LogP contribution in [0.2, 0.25) is 0 Å². The summed E-state index contributed by atoms with van der Waals surface area (Å²) in [6.45, 7) is 5.54. The molecule has 0 aliphatic heterocycles. The first-order chi connectivity index (χ1) is 7.92. The summed E-state index contributed by atoms with van der Waals surface area (Å²) in [5.74, 6) is -0.426. The van der Waals surface area contributed by atoms with Crippen molar-refractivity contribution in [2.24, 2.45) is 5.73 Å². The molecule has 4 heteroatoms. The van der Waals surface area contributed by atoms with Crippen LogP contribution in [0.4, 0.5) is 5.69 Å². The monoisotopic (exact) mass is 231 g/mol. The Kier molecular flexibility index (Phi) is 3.74. The number of anilines is 1. The molecule has 0 spiro atoms. The highest BCUT2D eigenvalue weighted by Gasteiger charge is 2.29. The normalized spacial score (nSPS) is 13.5. The molecule has 17 heavy (non-hydrogen) atoms. The average molecular weight is 231 g/mol. The first kappa shape index (κ1) is 13.0. The van der Waals surface area contributed by atoms with Crippen molar-refractivity contribution in [1.82, 2.24) is 0 Å². The molecule has 0 saturated carbocycles. The van der Waals surface area contributed by atoms with Gasteiger partial charge in [0, 0.05) is 0 Å². The van der Waals surface area contributed by atoms with E-state index in [9.17, 15) is 4.79 Å². The van der Waals surface area contributed by atoms with Crippen molar-refractivity contribution < 1.29 is 4.79 Å². The lowest BCUT2D eigenvalue weighted by molar-refractivity contribution is -0.121. The largest absolute Gasteiger partial charge is 0.370 e. The Morgan fingerprint density at radius 2 is 2.24 bits per heavy atom. The Morgan fingerprint density at radius 3 is 2.71 bits per heavy atom. The molecule has 1 unspecified atom stereocenters. The van der Waals surface area contributed by atoms with Crippen LogP contribution in [0.1, 0.15) is 31.4 Å². The van der Waals surface area contributed by atoms with Crippen molar-refractivity contribution in [2.75, 3.05) is 5.32 Å². The second-order valence-corrected chi connectivity index (χ2v) is 4.34. The van der Waals surface area contributed by atoms with Gasteiger partial charge in [-0.25, -0.2) is 0 Å². The van der Waals surface area contributed by atoms with Gasteiger partial charge in [-0.05, 0) is 38.0 Å². The zero-order valence-corrected chi connectivity index (χ0v) is 10.4. The van der Waals surface area contributed by atoms with E-state index in [-0.39, 0.29) is 0 Å². The molecule has 1 rings (SSSR count). The molecule has 0 aliphatic carbocycles. The molecule has 90 valence electrons. The number of nitrogens with two attached hydrogens (primary N) is 1. The molecule has 0 aromatic heterocycles. The van der Waals surface area contributed by atoms with E-state index in [1.807, 2.05) is 26.0 Å². The molecule has 1 atom stereocenters. The maximum absolute atomic E-state index is 11.4. The summed E-state index contributed by atoms with van der Waals surface area (Å²) in [6.07, 6.45) is 0.557. The molecule has 0 saturated heterocycles. The van der Waals surface area contributed by atoms with Crippen LogP contribution in [0.3, 0.4) is 0 Å². The maximum Gasteiger partial charge on any atom is 0.242 e. The van der Waals surface area contributed by atoms with Crippen LogP contribution in [0.25, 0.3) is 0 Å². The molecule has 0 aliphatic rings. The van der Waals surface area contributed by atoms with Gasteiger partial charge in [-0.1, -0.05) is 13.0 Å². The van der Waals surface area contributed by atoms with Gasteiger partial charge in [0.25, 0.3) is 0 Å². The zero-order chi connectivity index (χ0) is 13.1. The van der Waals surface area contributed by atoms with Crippen LogP contribution in [-0.4, -0.2) is 11.4 Å². The number of benzene rings is 1. The number of nitrogens with one attached hydrogen (secondary N) is 1. The van der Waals surface area contributed by atoms with Gasteiger partial charge >= 0.3 is 0 Å². The lowest BCUT2D eigenvalue weighted by atomic mass is 9.96. The van der Waals surface area contributed by atoms with Crippen LogP contribution in [-0.2, 0) is 4.79 Å². The first-order valence-corrected chi connectivity index (χ1v) is 5.52. The number of nitrogens with zero attached hydrogens (tertiary/aromatic N) is 1. The summed E-state index contributed by atoms with van der Waals surface area (Å²) in [4.78, 5) is 11.4. The topological polar surface area (TPSA) is 78.9 Å². The fourth-order valence-electron chi connectivity index (χ4n) is 1.48. The summed E-state index contributed by atoms with van der Waals surface area (Å²) in [5, 5.41) is 12.1. The minimum atomic E-state index is -0.834. The molecule has 1 aromatic rings. The van der Waals surface area contributed by atoms with Gasteiger partial charge < -0.3 is 11.1 Å². The minimum Gasteiger partial charge on any atom is -0.370 e. The van der Waals surface area contributed by atoms with Crippen LogP contribution in [0, 0.1) is 18.3 Å². The molecule has 0 bridgehead atoms. The zero-order valence-electron chi connectivity index (χ0n) is 10.4. The third kappa shape index (κ3) is 2.76. The Hall–Kier alpha value is -2.02. The van der Waals surface area contributed by atoms with E-state index in [2.05, 4.69) is 11.4 Å². The highest BCUT2D eigenvalue weighted by molar-refractivity contribution is 5.87. The molecular formula is C13H17N3O. The highest BCUT2D eigenvalue weighted by Crippen LogP contribution is 2.23. The van der Waals surface area contributed by atoms with Gasteiger partial charge in [-0.2, -0.15) is 5.26 Å². The third-order valence-corrected chi connectivity index (χ3v) is 2.96. The number of aryl methyl sites for hydroxylation is 1. The number of amides is 1. The van der Waals surface area contributed by atoms with Crippen LogP contribution in [0.15, 0.2) is 18.2 Å². The molecule has 1 amide bonds. The minimum absolute atomic E-state index is 0.426. The van der Waals surface area contributed by atoms with Crippen molar-refractivity contribution in [3.8, 4) is 6.07 Å². The summed E-state index contributed by atoms with van der Waals surface area (Å²) < 4.78 is 0. The predicted octanol–water partition coefficient (Wildman–Crippen LogP) is 1.93. The summed E-state index contributed by atoms with van der Waals surface area (Å²) in [6, 6.07) is 7.53. The quantitative estimate of drug-likeness (QED) is 0.831. The SMILES string of the molecule is CCC(C)(Nc1cc(C)ccc1C#N)C(N)=O. The fourth-order valence-corrected chi connectivity index (χ4v) is 1.48. The van der Waals surface area contributed by atoms with Gasteiger partial charge in [0.2, 0.25) is 5.91 Å². The van der Waals surface area contributed by atoms with E-state index < -0.39 is 11.4 Å². The van der Waals surface area contributed by atoms with E-state index in [1.165, 1.54) is 0 Å². The first-order valence-electron chi connectivity index (χ1n) is 5.52. The lowest BCUT2D eigenvalue weighted by Crippen LogP contribution is -2.47. The number of hydrogen-bond acceptors (Lipinski definition) is 3. The number of nitriles is 1. The lowest BCUT2D eigenvalue weighted by Gasteiger charge is -2.27. The Morgan fingerprint density at radius 1 is 1.59 bits per heavy atom. The van der Waals surface area contributed by atoms with Crippen LogP contribution >= 0.6 is 0 Å². The summed E-state index contributed by atoms with van der Waals surface area (Å²) in [7, 11) is 0. The van der Waals surface area contributed by atoms with Crippen LogP contribution in [0.5, 0.6) is 0 Å². The van der Waals surface area contributed by atoms with Crippen molar-refractivity contribution in [1.29, 1.82) is 5.26 Å². The molecule has 1 aromatic carbocycles. The highest BCUT2D eigenvalue weighted by atomic mass is 16.1. The van der Waals surface area contributed by atoms with E-state index in [0.29, 0.717) is 17.7 Å². The number of carbonyl (C=O) groups is 1. The van der Waals surface area contributed by atoms with Crippen molar-refractivity contribution in [3.05, 3.63) is 29.3 Å². The van der Waals surface area contributed by atoms with E-state index >= 15 is 0 Å². The molecule has 3 N–H and O–H groups in total. The molecular weight excluding hydrogens is 214 g/mol. The van der Waals surface area contributed by atoms with Gasteiger partial charge in [-0.3, -0.25) is 4.79 Å². The number of carbonyl (C=O) groups excluding carboxylic acids is 1. The number of primary amides is 1. The standard InChI is InChI=1S/C13H17N3O/c1-4-13(3,12(15)17)16-11-7-9(2)5-6-10(11)8-14/h5-7,16H,4H2,1-3H3,(H2,15,17). The fraction of sp³-hybridized carbons (Fsp3) is 0.385. The van der Waals surface area contributed by atoms with Gasteiger partial charge in [0.15, 0.2) is 0 Å². The van der Waals surface area contributed by atoms with E-state index in [4.69, 9.17) is 11.0 Å². The summed E-state index contributed by atoms with van der Waals surface area (Å²) in [5.41, 5.74) is 6.72. The van der Waals surface area contributed by atoms with Crippen molar-refractivity contribution in [2.45, 2.75) is 32.7 Å².